The minimum absolute atomic E-state index is 0.421. The lowest BCUT2D eigenvalue weighted by Crippen LogP contribution is -2.25. The summed E-state index contributed by atoms with van der Waals surface area (Å²) in [5.74, 6) is 0.703. The van der Waals surface area contributed by atoms with Crippen molar-refractivity contribution < 1.29 is 0 Å². The summed E-state index contributed by atoms with van der Waals surface area (Å²) >= 11 is 0. The van der Waals surface area contributed by atoms with Gasteiger partial charge in [-0.15, -0.1) is 0 Å². The van der Waals surface area contributed by atoms with Crippen molar-refractivity contribution in [3.8, 4) is 78.5 Å². The van der Waals surface area contributed by atoms with Crippen molar-refractivity contribution in [1.29, 1.82) is 0 Å². The molecule has 0 aliphatic heterocycles. The predicted molar refractivity (Wildman–Crippen MR) is 228 cm³/mol. The summed E-state index contributed by atoms with van der Waals surface area (Å²) in [6.07, 6.45) is 0. The Morgan fingerprint density at radius 2 is 0.750 bits per heavy atom. The monoisotopic (exact) mass is 713 g/mol. The number of benzene rings is 7. The highest BCUT2D eigenvalue weighted by Crippen LogP contribution is 2.63. The Morgan fingerprint density at radius 3 is 1.34 bits per heavy atom. The van der Waals surface area contributed by atoms with Crippen molar-refractivity contribution in [1.82, 2.24) is 15.0 Å². The zero-order chi connectivity index (χ0) is 37.2. The van der Waals surface area contributed by atoms with E-state index in [1.54, 1.807) is 0 Å². The molecule has 11 rings (SSSR count). The summed E-state index contributed by atoms with van der Waals surface area (Å²) in [7, 11) is 0. The van der Waals surface area contributed by atoms with E-state index in [0.717, 1.165) is 56.2 Å². The van der Waals surface area contributed by atoms with Gasteiger partial charge in [0.05, 0.1) is 22.5 Å². The molecule has 56 heavy (non-hydrogen) atoms. The number of hydrogen-bond acceptors (Lipinski definition) is 3. The third-order valence-electron chi connectivity index (χ3n) is 11.7. The molecule has 0 bridgehead atoms. The highest BCUT2D eigenvalue weighted by molar-refractivity contribution is 5.96. The molecule has 2 aliphatic rings. The normalized spacial score (nSPS) is 12.9. The predicted octanol–water partition coefficient (Wildman–Crippen LogP) is 12.9. The van der Waals surface area contributed by atoms with Crippen molar-refractivity contribution in [2.24, 2.45) is 0 Å². The molecule has 0 saturated heterocycles. The maximum atomic E-state index is 5.27. The van der Waals surface area contributed by atoms with Crippen LogP contribution in [0.3, 0.4) is 0 Å². The Hall–Kier alpha value is -7.23. The second-order valence-electron chi connectivity index (χ2n) is 14.7. The summed E-state index contributed by atoms with van der Waals surface area (Å²) in [6.45, 7) is 2.08. The van der Waals surface area contributed by atoms with Gasteiger partial charge in [0.15, 0.2) is 5.82 Å². The van der Waals surface area contributed by atoms with E-state index in [2.05, 4.69) is 177 Å². The largest absolute Gasteiger partial charge is 0.252 e. The number of aromatic nitrogens is 3. The molecule has 0 saturated carbocycles. The van der Waals surface area contributed by atoms with Crippen molar-refractivity contribution in [3.05, 3.63) is 222 Å². The molecule has 9 aromatic rings. The third kappa shape index (κ3) is 4.87. The minimum atomic E-state index is -0.421. The Kier molecular flexibility index (Phi) is 7.30. The number of rotatable bonds is 5. The lowest BCUT2D eigenvalue weighted by Gasteiger charge is -2.30. The van der Waals surface area contributed by atoms with E-state index in [1.165, 1.54) is 44.5 Å². The van der Waals surface area contributed by atoms with Gasteiger partial charge in [0.2, 0.25) is 0 Å². The SMILES string of the molecule is Cc1nc(-c2ccccc2)ccc1-c1ccc(-c2cc(-c3ccc4c(c3)C3(c5ccccc5-c5ccccc53)c3ccccc3-4)nc(-c3ccccc3)n2)cc1. The summed E-state index contributed by atoms with van der Waals surface area (Å²) in [5.41, 5.74) is 20.2. The molecule has 0 N–H and O–H groups in total. The maximum Gasteiger partial charge on any atom is 0.160 e. The van der Waals surface area contributed by atoms with E-state index >= 15 is 0 Å². The lowest BCUT2D eigenvalue weighted by atomic mass is 9.70. The second-order valence-corrected chi connectivity index (χ2v) is 14.7. The molecule has 0 atom stereocenters. The summed E-state index contributed by atoms with van der Waals surface area (Å²) in [4.78, 5) is 15.4. The van der Waals surface area contributed by atoms with Gasteiger partial charge in [-0.05, 0) is 75.2 Å². The summed E-state index contributed by atoms with van der Waals surface area (Å²) in [6, 6.07) is 69.5. The smallest absolute Gasteiger partial charge is 0.160 e. The first-order valence-electron chi connectivity index (χ1n) is 19.2. The molecular weight excluding hydrogens is 679 g/mol. The average molecular weight is 714 g/mol. The standard InChI is InChI=1S/C53H35N3/c1-34-40(30-31-49(54-34)36-14-4-2-5-15-36)35-24-26-37(27-25-35)50-33-51(56-52(55-50)38-16-6-3-7-17-38)39-28-29-44-43-20-10-13-23-47(43)53(48(44)32-39)45-21-11-8-18-41(45)42-19-9-12-22-46(42)53/h2-33H,1H3. The molecule has 262 valence electrons. The number of hydrogen-bond donors (Lipinski definition) is 0. The van der Waals surface area contributed by atoms with Crippen LogP contribution in [0.5, 0.6) is 0 Å². The van der Waals surface area contributed by atoms with Gasteiger partial charge in [0, 0.05) is 33.5 Å². The quantitative estimate of drug-likeness (QED) is 0.178. The first-order chi connectivity index (χ1) is 27.7. The molecule has 2 aromatic heterocycles. The van der Waals surface area contributed by atoms with Crippen LogP contribution < -0.4 is 0 Å². The van der Waals surface area contributed by atoms with Crippen LogP contribution in [0.15, 0.2) is 194 Å². The average Bonchev–Trinajstić information content (AvgIpc) is 3.74. The molecule has 2 heterocycles. The van der Waals surface area contributed by atoms with E-state index in [-0.39, 0.29) is 0 Å². The van der Waals surface area contributed by atoms with Crippen LogP contribution in [0.25, 0.3) is 78.5 Å². The zero-order valence-corrected chi connectivity index (χ0v) is 30.8. The molecule has 3 heteroatoms. The van der Waals surface area contributed by atoms with Crippen molar-refractivity contribution in [2.75, 3.05) is 0 Å². The number of fused-ring (bicyclic) bond motifs is 10. The van der Waals surface area contributed by atoms with Gasteiger partial charge in [0.1, 0.15) is 0 Å². The van der Waals surface area contributed by atoms with E-state index < -0.39 is 5.41 Å². The fourth-order valence-electron chi connectivity index (χ4n) is 9.17. The van der Waals surface area contributed by atoms with Gasteiger partial charge in [0.25, 0.3) is 0 Å². The van der Waals surface area contributed by atoms with Crippen LogP contribution in [-0.2, 0) is 5.41 Å². The van der Waals surface area contributed by atoms with Gasteiger partial charge < -0.3 is 0 Å². The van der Waals surface area contributed by atoms with Crippen LogP contribution in [-0.4, -0.2) is 15.0 Å². The van der Waals surface area contributed by atoms with E-state index in [9.17, 15) is 0 Å². The van der Waals surface area contributed by atoms with Crippen LogP contribution in [0.4, 0.5) is 0 Å². The molecular formula is C53H35N3. The van der Waals surface area contributed by atoms with Crippen LogP contribution in [0.2, 0.25) is 0 Å². The minimum Gasteiger partial charge on any atom is -0.252 e. The number of nitrogens with zero attached hydrogens (tertiary/aromatic N) is 3. The molecule has 0 amide bonds. The van der Waals surface area contributed by atoms with Crippen molar-refractivity contribution >= 4 is 0 Å². The Labute approximate surface area is 326 Å². The molecule has 1 spiro atoms. The van der Waals surface area contributed by atoms with Gasteiger partial charge in [-0.3, -0.25) is 4.98 Å². The Balaban J connectivity index is 1.05. The molecule has 3 nitrogen and oxygen atoms in total. The second kappa shape index (κ2) is 12.7. The van der Waals surface area contributed by atoms with E-state index in [1.807, 2.05) is 24.3 Å². The van der Waals surface area contributed by atoms with Crippen LogP contribution in [0, 0.1) is 6.92 Å². The van der Waals surface area contributed by atoms with Gasteiger partial charge in [-0.1, -0.05) is 176 Å². The van der Waals surface area contributed by atoms with Gasteiger partial charge >= 0.3 is 0 Å². The number of pyridine rings is 1. The first kappa shape index (κ1) is 32.2. The lowest BCUT2D eigenvalue weighted by molar-refractivity contribution is 0.794. The molecule has 2 aliphatic carbocycles. The van der Waals surface area contributed by atoms with Crippen LogP contribution >= 0.6 is 0 Å². The highest BCUT2D eigenvalue weighted by Gasteiger charge is 2.51. The fourth-order valence-corrected chi connectivity index (χ4v) is 9.17. The highest BCUT2D eigenvalue weighted by atomic mass is 14.9. The van der Waals surface area contributed by atoms with E-state index in [4.69, 9.17) is 15.0 Å². The Morgan fingerprint density at radius 1 is 0.304 bits per heavy atom. The van der Waals surface area contributed by atoms with Crippen molar-refractivity contribution in [3.63, 3.8) is 0 Å². The Bertz CT molecular complexity index is 2900. The van der Waals surface area contributed by atoms with Crippen LogP contribution in [0.1, 0.15) is 27.9 Å². The summed E-state index contributed by atoms with van der Waals surface area (Å²) < 4.78 is 0. The molecule has 7 aromatic carbocycles. The molecule has 0 fully saturated rings. The van der Waals surface area contributed by atoms with Crippen molar-refractivity contribution in [2.45, 2.75) is 12.3 Å². The van der Waals surface area contributed by atoms with E-state index in [0.29, 0.717) is 5.82 Å². The maximum absolute atomic E-state index is 5.27. The molecule has 0 unspecified atom stereocenters. The third-order valence-corrected chi connectivity index (χ3v) is 11.7. The molecule has 0 radical (unpaired) electrons. The summed E-state index contributed by atoms with van der Waals surface area (Å²) in [5, 5.41) is 0. The number of aryl methyl sites for hydroxylation is 1. The fraction of sp³-hybridized carbons (Fsp3) is 0.0377. The van der Waals surface area contributed by atoms with Gasteiger partial charge in [-0.2, -0.15) is 0 Å². The first-order valence-corrected chi connectivity index (χ1v) is 19.2. The zero-order valence-electron chi connectivity index (χ0n) is 30.8. The topological polar surface area (TPSA) is 38.7 Å². The van der Waals surface area contributed by atoms with Gasteiger partial charge in [-0.25, -0.2) is 9.97 Å².